The second kappa shape index (κ2) is 13.5. The maximum atomic E-state index is 13.2. The monoisotopic (exact) mass is 747 g/mol. The Morgan fingerprint density at radius 3 is 2.59 bits per heavy atom. The number of carbonyl (C=O) groups excluding carboxylic acids is 5. The fraction of sp³-hybridized carbons (Fsp3) is 0.128. The van der Waals surface area contributed by atoms with Crippen LogP contribution in [0.5, 0.6) is 11.5 Å². The summed E-state index contributed by atoms with van der Waals surface area (Å²) in [6.07, 6.45) is 8.22. The van der Waals surface area contributed by atoms with Crippen molar-refractivity contribution in [1.29, 1.82) is 0 Å². The molecule has 6 heterocycles. The molecule has 17 heteroatoms. The van der Waals surface area contributed by atoms with Crippen LogP contribution in [0.1, 0.15) is 39.1 Å². The van der Waals surface area contributed by atoms with Crippen molar-refractivity contribution < 1.29 is 28.7 Å². The van der Waals surface area contributed by atoms with Gasteiger partial charge in [0.1, 0.15) is 42.6 Å². The Hall–Kier alpha value is -7.82. The number of ether oxygens (including phenoxy) is 1. The maximum absolute atomic E-state index is 13.2. The number of anilines is 3. The first kappa shape index (κ1) is 34.0. The fourth-order valence-corrected chi connectivity index (χ4v) is 6.80. The highest BCUT2D eigenvalue weighted by atomic mass is 16.5. The second-order valence-electron chi connectivity index (χ2n) is 13.3. The molecule has 3 N–H and O–H groups in total. The Morgan fingerprint density at radius 1 is 0.875 bits per heavy atom. The van der Waals surface area contributed by atoms with Crippen LogP contribution in [0.3, 0.4) is 0 Å². The van der Waals surface area contributed by atoms with Gasteiger partial charge in [0, 0.05) is 47.2 Å². The number of nitrogens with zero attached hydrogens (tertiary/aromatic N) is 8. The maximum Gasteiger partial charge on any atom is 0.262 e. The van der Waals surface area contributed by atoms with Gasteiger partial charge >= 0.3 is 0 Å². The Morgan fingerprint density at radius 2 is 1.73 bits per heavy atom. The molecule has 2 aliphatic heterocycles. The number of carbonyl (C=O) groups is 5. The number of aromatic nitrogens is 7. The lowest BCUT2D eigenvalue weighted by Gasteiger charge is -2.27. The highest BCUT2D eigenvalue weighted by Gasteiger charge is 2.44. The zero-order valence-electron chi connectivity index (χ0n) is 29.5. The van der Waals surface area contributed by atoms with Gasteiger partial charge in [0.25, 0.3) is 11.8 Å². The first-order valence-corrected chi connectivity index (χ1v) is 17.4. The van der Waals surface area contributed by atoms with Crippen LogP contribution in [0.2, 0.25) is 0 Å². The van der Waals surface area contributed by atoms with E-state index < -0.39 is 35.6 Å². The smallest absolute Gasteiger partial charge is 0.262 e. The first-order chi connectivity index (χ1) is 27.2. The van der Waals surface area contributed by atoms with E-state index >= 15 is 0 Å². The zero-order valence-corrected chi connectivity index (χ0v) is 29.5. The molecule has 276 valence electrons. The molecule has 0 bridgehead atoms. The van der Waals surface area contributed by atoms with Gasteiger partial charge in [0.2, 0.25) is 17.7 Å². The minimum Gasteiger partial charge on any atom is -0.457 e. The molecule has 9 rings (SSSR count). The number of imide groups is 2. The van der Waals surface area contributed by atoms with Crippen LogP contribution in [-0.2, 0) is 20.9 Å². The number of fused-ring (bicyclic) bond motifs is 3. The van der Waals surface area contributed by atoms with Gasteiger partial charge in [0.15, 0.2) is 5.65 Å². The number of benzene rings is 3. The zero-order chi connectivity index (χ0) is 38.5. The molecule has 0 aliphatic carbocycles. The summed E-state index contributed by atoms with van der Waals surface area (Å²) in [6, 6.07) is 18.4. The van der Waals surface area contributed by atoms with Crippen LogP contribution in [-0.4, -0.2) is 74.8 Å². The van der Waals surface area contributed by atoms with Crippen LogP contribution in [0.4, 0.5) is 17.2 Å². The Kier molecular flexibility index (Phi) is 8.22. The molecule has 3 aromatic carbocycles. The largest absolute Gasteiger partial charge is 0.457 e. The highest BCUT2D eigenvalue weighted by Crippen LogP contribution is 2.32. The van der Waals surface area contributed by atoms with Crippen molar-refractivity contribution in [3.8, 4) is 22.6 Å². The van der Waals surface area contributed by atoms with Crippen molar-refractivity contribution in [2.45, 2.75) is 32.4 Å². The lowest BCUT2D eigenvalue weighted by molar-refractivity contribution is -0.136. The predicted octanol–water partition coefficient (Wildman–Crippen LogP) is 4.42. The molecule has 17 nitrogen and oxygen atoms in total. The summed E-state index contributed by atoms with van der Waals surface area (Å²) in [5, 5.41) is 17.6. The van der Waals surface area contributed by atoms with Crippen molar-refractivity contribution in [2.75, 3.05) is 10.6 Å². The standard InChI is InChI=1S/C39H29N11O6/c1-21-12-24(4-8-32(21)56-26-10-11-49-33(15-26)41-20-44-49)46-36-28-5-2-22(13-30(28)40-19-42-36)23-16-43-48(17-23)18-35(52)45-25-3-6-27-29(14-25)39(55)50(38(27)54)31-7-9-34(51)47-37(31)53/h2-6,8,10-17,19-20,31H,7,9,18H2,1H3,(H,45,52)(H,40,42,46)(H,47,51,53). The molecule has 4 aromatic heterocycles. The quantitative estimate of drug-likeness (QED) is 0.176. The van der Waals surface area contributed by atoms with Crippen LogP contribution < -0.4 is 20.7 Å². The normalized spacial score (nSPS) is 15.3. The number of hydrogen-bond acceptors (Lipinski definition) is 12. The van der Waals surface area contributed by atoms with Crippen molar-refractivity contribution >= 4 is 63.3 Å². The van der Waals surface area contributed by atoms with Gasteiger partial charge in [-0.2, -0.15) is 10.2 Å². The Labute approximate surface area is 316 Å². The fourth-order valence-electron chi connectivity index (χ4n) is 6.80. The van der Waals surface area contributed by atoms with Gasteiger partial charge in [-0.15, -0.1) is 0 Å². The molecule has 1 atom stereocenters. The third-order valence-corrected chi connectivity index (χ3v) is 9.55. The molecule has 0 spiro atoms. The van der Waals surface area contributed by atoms with Crippen LogP contribution in [0.15, 0.2) is 98.0 Å². The molecule has 56 heavy (non-hydrogen) atoms. The van der Waals surface area contributed by atoms with E-state index in [0.29, 0.717) is 34.2 Å². The number of aryl methyl sites for hydroxylation is 1. The van der Waals surface area contributed by atoms with Gasteiger partial charge < -0.3 is 15.4 Å². The van der Waals surface area contributed by atoms with Crippen molar-refractivity contribution in [2.24, 2.45) is 0 Å². The van der Waals surface area contributed by atoms with Gasteiger partial charge in [-0.25, -0.2) is 19.5 Å². The minimum absolute atomic E-state index is 0.0205. The van der Waals surface area contributed by atoms with E-state index in [4.69, 9.17) is 4.74 Å². The molecule has 5 amide bonds. The summed E-state index contributed by atoms with van der Waals surface area (Å²) in [4.78, 5) is 77.2. The summed E-state index contributed by atoms with van der Waals surface area (Å²) in [5.41, 5.74) is 5.20. The predicted molar refractivity (Wildman–Crippen MR) is 200 cm³/mol. The van der Waals surface area contributed by atoms with Crippen molar-refractivity contribution in [1.82, 2.24) is 44.6 Å². The topological polar surface area (TPSA) is 208 Å². The lowest BCUT2D eigenvalue weighted by Crippen LogP contribution is -2.54. The molecule has 7 aromatic rings. The Bertz CT molecular complexity index is 2790. The van der Waals surface area contributed by atoms with Crippen molar-refractivity contribution in [3.05, 3.63) is 115 Å². The molecule has 0 radical (unpaired) electrons. The number of pyridine rings is 1. The van der Waals surface area contributed by atoms with Gasteiger partial charge in [-0.3, -0.25) is 38.9 Å². The molecule has 2 aliphatic rings. The van der Waals surface area contributed by atoms with Gasteiger partial charge in [0.05, 0.1) is 22.8 Å². The number of hydrogen-bond donors (Lipinski definition) is 3. The van der Waals surface area contributed by atoms with E-state index in [0.717, 1.165) is 32.7 Å². The summed E-state index contributed by atoms with van der Waals surface area (Å²) < 4.78 is 9.26. The lowest BCUT2D eigenvalue weighted by atomic mass is 10.0. The summed E-state index contributed by atoms with van der Waals surface area (Å²) in [7, 11) is 0. The first-order valence-electron chi connectivity index (χ1n) is 17.4. The number of piperidine rings is 1. The summed E-state index contributed by atoms with van der Waals surface area (Å²) >= 11 is 0. The van der Waals surface area contributed by atoms with Crippen LogP contribution in [0, 0.1) is 6.92 Å². The molecule has 1 saturated heterocycles. The average molecular weight is 748 g/mol. The van der Waals surface area contributed by atoms with E-state index in [1.807, 2.05) is 55.5 Å². The number of rotatable bonds is 9. The third-order valence-electron chi connectivity index (χ3n) is 9.55. The van der Waals surface area contributed by atoms with E-state index in [1.165, 1.54) is 35.5 Å². The molecular formula is C39H29N11O6. The molecular weight excluding hydrogens is 718 g/mol. The van der Waals surface area contributed by atoms with E-state index in [-0.39, 0.29) is 30.5 Å². The summed E-state index contributed by atoms with van der Waals surface area (Å²) in [6.45, 7) is 1.83. The highest BCUT2D eigenvalue weighted by molar-refractivity contribution is 6.24. The van der Waals surface area contributed by atoms with Gasteiger partial charge in [-0.1, -0.05) is 6.07 Å². The second-order valence-corrected chi connectivity index (χ2v) is 13.3. The van der Waals surface area contributed by atoms with E-state index in [1.54, 1.807) is 23.1 Å². The van der Waals surface area contributed by atoms with E-state index in [2.05, 4.69) is 41.1 Å². The van der Waals surface area contributed by atoms with Crippen LogP contribution in [0.25, 0.3) is 27.7 Å². The van der Waals surface area contributed by atoms with Gasteiger partial charge in [-0.05, 0) is 79.1 Å². The van der Waals surface area contributed by atoms with E-state index in [9.17, 15) is 24.0 Å². The third kappa shape index (κ3) is 6.31. The Balaban J connectivity index is 0.849. The van der Waals surface area contributed by atoms with Crippen LogP contribution >= 0.6 is 0 Å². The summed E-state index contributed by atoms with van der Waals surface area (Å²) in [5.74, 6) is -0.869. The molecule has 1 fully saturated rings. The SMILES string of the molecule is Cc1cc(Nc2ncnc3cc(-c4cnn(CC(=O)Nc5ccc6c(c5)C(=O)N(C5CCC(=O)NC5=O)C6=O)c4)ccc23)ccc1Oc1ccn2ncnc2c1. The minimum atomic E-state index is -1.08. The molecule has 1 unspecified atom stereocenters. The average Bonchev–Trinajstić information content (AvgIpc) is 3.91. The van der Waals surface area contributed by atoms with Crippen molar-refractivity contribution in [3.63, 3.8) is 0 Å². The molecule has 0 saturated carbocycles. The number of amides is 5. The number of nitrogens with one attached hydrogen (secondary N) is 3.